The van der Waals surface area contributed by atoms with Gasteiger partial charge in [0.05, 0.1) is 10.9 Å². The molecule has 1 atom stereocenters. The van der Waals surface area contributed by atoms with Gasteiger partial charge in [-0.2, -0.15) is 0 Å². The average Bonchev–Trinajstić information content (AvgIpc) is 2.82. The molecule has 160 valence electrons. The van der Waals surface area contributed by atoms with Gasteiger partial charge in [-0.1, -0.05) is 97.1 Å². The van der Waals surface area contributed by atoms with Crippen molar-refractivity contribution in [2.45, 2.75) is 0 Å². The standard InChI is InChI=1S/C7H6O4.C7H9P.2C6H6/c8-5-1-4(7(10)11)2-6(9)3-5;1-8-7-5-3-2-4-6-7;2*1-2-4-6-5-3-1/h1-3,8-9H,(H,10,11);2-6,8H,1H3;2*1-6H. The molecule has 0 aliphatic carbocycles. The molecule has 0 aliphatic rings. The number of carboxylic acids is 1. The number of phenolic OH excluding ortho intramolecular Hbond substituents is 1. The first-order valence-corrected chi connectivity index (χ1v) is 11.3. The maximum absolute atomic E-state index is 10.6. The van der Waals surface area contributed by atoms with E-state index in [1.165, 1.54) is 5.30 Å². The van der Waals surface area contributed by atoms with Crippen molar-refractivity contribution >= 4 is 19.9 Å². The molecular weight excluding hydrogens is 407 g/mol. The van der Waals surface area contributed by atoms with Crippen LogP contribution in [0.5, 0.6) is 11.5 Å². The second-order valence-electron chi connectivity index (χ2n) is 6.03. The van der Waals surface area contributed by atoms with Gasteiger partial charge < -0.3 is 15.3 Å². The van der Waals surface area contributed by atoms with Crippen molar-refractivity contribution < 1.29 is 20.1 Å². The molecule has 4 aromatic carbocycles. The van der Waals surface area contributed by atoms with E-state index in [1.807, 2.05) is 72.8 Å². The Kier molecular flexibility index (Phi) is 13.3. The zero-order valence-electron chi connectivity index (χ0n) is 17.3. The van der Waals surface area contributed by atoms with Gasteiger partial charge in [-0.3, -0.25) is 0 Å². The van der Waals surface area contributed by atoms with Crippen LogP contribution in [0, 0.1) is 0 Å². The Hall–Kier alpha value is -3.62. The van der Waals surface area contributed by atoms with Crippen molar-refractivity contribution in [3.05, 3.63) is 127 Å². The van der Waals surface area contributed by atoms with Crippen LogP contribution in [0.4, 0.5) is 0 Å². The van der Waals surface area contributed by atoms with Crippen molar-refractivity contribution in [1.82, 2.24) is 0 Å². The van der Waals surface area contributed by atoms with Gasteiger partial charge in [0.1, 0.15) is 5.75 Å². The number of phenols is 1. The monoisotopic (exact) mass is 434 g/mol. The van der Waals surface area contributed by atoms with Gasteiger partial charge in [-0.25, -0.2) is 4.79 Å². The van der Waals surface area contributed by atoms with Crippen molar-refractivity contribution in [1.29, 1.82) is 0 Å². The first-order chi connectivity index (χ1) is 15.0. The maximum Gasteiger partial charge on any atom is 0.335 e. The Morgan fingerprint density at radius 2 is 1.10 bits per heavy atom. The summed E-state index contributed by atoms with van der Waals surface area (Å²) in [6.45, 7) is 2.25. The molecule has 0 saturated carbocycles. The van der Waals surface area contributed by atoms with Gasteiger partial charge in [-0.05, 0) is 24.3 Å². The Bertz CT molecular complexity index is 857. The van der Waals surface area contributed by atoms with Crippen LogP contribution in [0.15, 0.2) is 121 Å². The molecule has 4 rings (SSSR count). The third-order valence-corrected chi connectivity index (χ3v) is 4.66. The van der Waals surface area contributed by atoms with Crippen LogP contribution in [0.1, 0.15) is 10.4 Å². The van der Waals surface area contributed by atoms with E-state index < -0.39 is 11.7 Å². The summed E-state index contributed by atoms with van der Waals surface area (Å²) in [5.41, 5.74) is -0.199. The van der Waals surface area contributed by atoms with Gasteiger partial charge in [0.15, 0.2) is 0 Å². The van der Waals surface area contributed by atoms with E-state index in [-0.39, 0.29) is 11.3 Å². The number of aromatic carboxylic acids is 1. The number of aromatic hydroxyl groups is 1. The van der Waals surface area contributed by atoms with Crippen molar-refractivity contribution in [2.24, 2.45) is 0 Å². The Labute approximate surface area is 185 Å². The summed E-state index contributed by atoms with van der Waals surface area (Å²) < 4.78 is 0. The molecule has 0 amide bonds. The van der Waals surface area contributed by atoms with E-state index in [9.17, 15) is 9.90 Å². The lowest BCUT2D eigenvalue weighted by Crippen LogP contribution is -1.98. The van der Waals surface area contributed by atoms with E-state index in [1.54, 1.807) is 0 Å². The van der Waals surface area contributed by atoms with Crippen LogP contribution in [0.3, 0.4) is 0 Å². The van der Waals surface area contributed by atoms with E-state index in [0.29, 0.717) is 8.58 Å². The number of carbonyl (C=O) groups is 1. The molecule has 0 fully saturated rings. The van der Waals surface area contributed by atoms with Crippen LogP contribution < -0.4 is 10.4 Å². The normalized spacial score (nSPS) is 9.19. The number of hydrogen-bond acceptors (Lipinski definition) is 3. The Morgan fingerprint density at radius 3 is 1.39 bits per heavy atom. The molecular formula is C26H27O4P. The fraction of sp³-hybridized carbons (Fsp3) is 0.0385. The van der Waals surface area contributed by atoms with Crippen molar-refractivity contribution in [2.75, 3.05) is 6.66 Å². The van der Waals surface area contributed by atoms with Crippen molar-refractivity contribution in [3.8, 4) is 11.5 Å². The lowest BCUT2D eigenvalue weighted by Gasteiger charge is -2.05. The summed E-state index contributed by atoms with van der Waals surface area (Å²) >= 11 is 0. The summed E-state index contributed by atoms with van der Waals surface area (Å²) in [7, 11) is 0.511. The molecule has 0 aliphatic heterocycles. The van der Waals surface area contributed by atoms with E-state index in [2.05, 4.69) is 37.0 Å². The number of benzene rings is 4. The molecule has 31 heavy (non-hydrogen) atoms. The third kappa shape index (κ3) is 13.3. The summed E-state index contributed by atoms with van der Waals surface area (Å²) in [4.78, 5) is 10.3. The minimum Gasteiger partial charge on any atom is -0.872 e. The molecule has 0 aromatic heterocycles. The highest BCUT2D eigenvalue weighted by Gasteiger charge is 2.01. The molecule has 4 aromatic rings. The van der Waals surface area contributed by atoms with E-state index in [4.69, 9.17) is 10.2 Å². The molecule has 0 heterocycles. The molecule has 0 saturated heterocycles. The highest BCUT2D eigenvalue weighted by Crippen LogP contribution is 2.17. The quantitative estimate of drug-likeness (QED) is 0.440. The first-order valence-electron chi connectivity index (χ1n) is 9.61. The molecule has 4 nitrogen and oxygen atoms in total. The maximum atomic E-state index is 10.6. The van der Waals surface area contributed by atoms with Gasteiger partial charge >= 0.3 is 5.97 Å². The lowest BCUT2D eigenvalue weighted by molar-refractivity contribution is -0.268. The van der Waals surface area contributed by atoms with Gasteiger partial charge in [0, 0.05) is 15.2 Å². The van der Waals surface area contributed by atoms with Crippen molar-refractivity contribution in [3.63, 3.8) is 0 Å². The second-order valence-corrected chi connectivity index (χ2v) is 7.27. The fourth-order valence-corrected chi connectivity index (χ4v) is 2.73. The van der Waals surface area contributed by atoms with Crippen LogP contribution in [-0.2, 0) is 0 Å². The highest BCUT2D eigenvalue weighted by atomic mass is 31.1. The zero-order chi connectivity index (χ0) is 22.7. The SMILES string of the molecule is C[PH2+]c1ccccc1.O=C(O)c1cc([O-])cc(O)c1.c1ccccc1.c1ccccc1. The van der Waals surface area contributed by atoms with Crippen LogP contribution in [0.25, 0.3) is 0 Å². The third-order valence-electron chi connectivity index (χ3n) is 3.60. The number of hydrogen-bond donors (Lipinski definition) is 2. The highest BCUT2D eigenvalue weighted by molar-refractivity contribution is 7.46. The average molecular weight is 434 g/mol. The molecule has 0 spiro atoms. The molecule has 1 unspecified atom stereocenters. The first kappa shape index (κ1) is 25.4. The summed E-state index contributed by atoms with van der Waals surface area (Å²) in [6.07, 6.45) is 0. The van der Waals surface area contributed by atoms with Gasteiger partial charge in [0.2, 0.25) is 0 Å². The van der Waals surface area contributed by atoms with E-state index >= 15 is 0 Å². The smallest absolute Gasteiger partial charge is 0.335 e. The van der Waals surface area contributed by atoms with Gasteiger partial charge in [0.25, 0.3) is 0 Å². The largest absolute Gasteiger partial charge is 0.872 e. The Balaban J connectivity index is 0.000000214. The minimum atomic E-state index is -1.22. The number of carboxylic acid groups (broad SMARTS) is 1. The minimum absolute atomic E-state index is 0.199. The molecule has 0 bridgehead atoms. The predicted octanol–water partition coefficient (Wildman–Crippen LogP) is 4.89. The topological polar surface area (TPSA) is 80.6 Å². The fourth-order valence-electron chi connectivity index (χ4n) is 2.12. The Morgan fingerprint density at radius 1 is 0.710 bits per heavy atom. The lowest BCUT2D eigenvalue weighted by atomic mass is 10.2. The van der Waals surface area contributed by atoms with Crippen LogP contribution in [-0.4, -0.2) is 22.8 Å². The molecule has 5 heteroatoms. The van der Waals surface area contributed by atoms with Crippen LogP contribution >= 0.6 is 8.58 Å². The number of rotatable bonds is 2. The zero-order valence-corrected chi connectivity index (χ0v) is 18.5. The van der Waals surface area contributed by atoms with E-state index in [0.717, 1.165) is 18.2 Å². The van der Waals surface area contributed by atoms with Gasteiger partial charge in [-0.15, -0.1) is 5.75 Å². The predicted molar refractivity (Wildman–Crippen MR) is 129 cm³/mol. The van der Waals surface area contributed by atoms with Crippen LogP contribution in [0.2, 0.25) is 0 Å². The summed E-state index contributed by atoms with van der Waals surface area (Å²) in [6, 6.07) is 37.5. The molecule has 0 radical (unpaired) electrons. The summed E-state index contributed by atoms with van der Waals surface area (Å²) in [5.74, 6) is -2.06. The summed E-state index contributed by atoms with van der Waals surface area (Å²) in [5, 5.41) is 29.2. The second kappa shape index (κ2) is 16.2. The molecule has 2 N–H and O–H groups in total.